The number of hydrogen-bond donors (Lipinski definition) is 1. The largest absolute Gasteiger partial charge is 0.454 e. The molecule has 2 aromatic rings. The number of carbonyl (C=O) groups excluding carboxylic acids is 2. The lowest BCUT2D eigenvalue weighted by molar-refractivity contribution is -0.134. The highest BCUT2D eigenvalue weighted by atomic mass is 16.7. The number of aryl methyl sites for hydroxylation is 1. The maximum absolute atomic E-state index is 13.1. The third-order valence-corrected chi connectivity index (χ3v) is 5.69. The van der Waals surface area contributed by atoms with E-state index in [4.69, 9.17) is 9.47 Å². The molecule has 160 valence electrons. The molecule has 1 N–H and O–H groups in total. The van der Waals surface area contributed by atoms with Gasteiger partial charge in [-0.3, -0.25) is 14.4 Å². The molecule has 0 spiro atoms. The number of likely N-dealkylation sites (N-methyl/N-ethyl adjacent to an activating group) is 1. The number of amides is 2. The lowest BCUT2D eigenvalue weighted by Gasteiger charge is -2.34. The van der Waals surface area contributed by atoms with Gasteiger partial charge in [-0.2, -0.15) is 0 Å². The smallest absolute Gasteiger partial charge is 0.257 e. The summed E-state index contributed by atoms with van der Waals surface area (Å²) in [6.45, 7) is 7.09. The zero-order valence-corrected chi connectivity index (χ0v) is 17.4. The van der Waals surface area contributed by atoms with Gasteiger partial charge in [-0.15, -0.1) is 0 Å². The number of nitrogens with one attached hydrogen (secondary N) is 1. The second-order valence-corrected chi connectivity index (χ2v) is 7.70. The summed E-state index contributed by atoms with van der Waals surface area (Å²) in [6.07, 6.45) is 1.54. The number of hydrogen-bond acceptors (Lipinski definition) is 6. The van der Waals surface area contributed by atoms with Crippen LogP contribution in [0, 0.1) is 0 Å². The van der Waals surface area contributed by atoms with Gasteiger partial charge in [-0.05, 0) is 27.0 Å². The van der Waals surface area contributed by atoms with Crippen LogP contribution in [0.2, 0.25) is 0 Å². The van der Waals surface area contributed by atoms with E-state index >= 15 is 0 Å². The molecular formula is C21H26N4O5. The van der Waals surface area contributed by atoms with Crippen molar-refractivity contribution in [2.75, 3.05) is 40.0 Å². The second-order valence-electron chi connectivity index (χ2n) is 7.70. The van der Waals surface area contributed by atoms with Crippen molar-refractivity contribution in [3.63, 3.8) is 0 Å². The van der Waals surface area contributed by atoms with Crippen molar-refractivity contribution in [1.29, 1.82) is 0 Å². The maximum Gasteiger partial charge on any atom is 0.257 e. The van der Waals surface area contributed by atoms with Gasteiger partial charge in [-0.25, -0.2) is 0 Å². The van der Waals surface area contributed by atoms with Gasteiger partial charge >= 0.3 is 0 Å². The number of rotatable bonds is 4. The summed E-state index contributed by atoms with van der Waals surface area (Å²) in [4.78, 5) is 42.6. The molecule has 9 heteroatoms. The molecule has 4 rings (SSSR count). The second kappa shape index (κ2) is 7.98. The van der Waals surface area contributed by atoms with E-state index in [1.165, 1.54) is 6.20 Å². The minimum absolute atomic E-state index is 0.00115. The van der Waals surface area contributed by atoms with E-state index in [2.05, 4.69) is 10.2 Å². The summed E-state index contributed by atoms with van der Waals surface area (Å²) in [5, 5.41) is 3.08. The Morgan fingerprint density at radius 2 is 1.80 bits per heavy atom. The zero-order valence-electron chi connectivity index (χ0n) is 17.4. The Balaban J connectivity index is 1.60. The van der Waals surface area contributed by atoms with Crippen LogP contribution in [0.5, 0.6) is 11.5 Å². The number of ether oxygens (including phenoxy) is 2. The predicted octanol–water partition coefficient (Wildman–Crippen LogP) is 0.642. The number of nitrogens with zero attached hydrogens (tertiary/aromatic N) is 3. The molecule has 1 fully saturated rings. The van der Waals surface area contributed by atoms with E-state index in [9.17, 15) is 14.4 Å². The molecule has 2 aliphatic rings. The molecule has 1 saturated heterocycles. The van der Waals surface area contributed by atoms with Crippen LogP contribution in [0.15, 0.2) is 23.1 Å². The highest BCUT2D eigenvalue weighted by Crippen LogP contribution is 2.35. The minimum atomic E-state index is -0.720. The van der Waals surface area contributed by atoms with Crippen LogP contribution < -0.4 is 20.2 Å². The monoisotopic (exact) mass is 414 g/mol. The van der Waals surface area contributed by atoms with Crippen molar-refractivity contribution in [2.45, 2.75) is 26.4 Å². The van der Waals surface area contributed by atoms with E-state index in [0.717, 1.165) is 13.1 Å². The SMILES string of the molecule is CCn1cc(C(=O)N[C@@H](C)C(=O)N2CCN(C)CC2)c(=O)c2cc3c(cc21)OCO3. The van der Waals surface area contributed by atoms with Gasteiger partial charge in [0, 0.05) is 45.0 Å². The van der Waals surface area contributed by atoms with Crippen molar-refractivity contribution in [1.82, 2.24) is 19.7 Å². The summed E-state index contributed by atoms with van der Waals surface area (Å²) in [6, 6.07) is 2.65. The topological polar surface area (TPSA) is 93.1 Å². The first kappa shape index (κ1) is 20.2. The standard InChI is InChI=1S/C21H26N4O5/c1-4-24-11-15(19(26)14-9-17-18(10-16(14)24)30-12-29-17)20(27)22-13(2)21(28)25-7-5-23(3)6-8-25/h9-11,13H,4-8,12H2,1-3H3,(H,22,27)/t13-/m0/s1. The first-order valence-electron chi connectivity index (χ1n) is 10.1. The third-order valence-electron chi connectivity index (χ3n) is 5.69. The van der Waals surface area contributed by atoms with Gasteiger partial charge < -0.3 is 29.2 Å². The molecule has 1 aromatic heterocycles. The summed E-state index contributed by atoms with van der Waals surface area (Å²) in [7, 11) is 2.01. The Hall–Kier alpha value is -3.07. The van der Waals surface area contributed by atoms with Gasteiger partial charge in [0.25, 0.3) is 5.91 Å². The highest BCUT2D eigenvalue weighted by Gasteiger charge is 2.27. The number of pyridine rings is 1. The Morgan fingerprint density at radius 3 is 2.47 bits per heavy atom. The van der Waals surface area contributed by atoms with Crippen LogP contribution in [-0.4, -0.2) is 72.2 Å². The lowest BCUT2D eigenvalue weighted by Crippen LogP contribution is -2.53. The van der Waals surface area contributed by atoms with E-state index in [1.54, 1.807) is 24.0 Å². The summed E-state index contributed by atoms with van der Waals surface area (Å²) >= 11 is 0. The fourth-order valence-corrected chi connectivity index (χ4v) is 3.84. The molecular weight excluding hydrogens is 388 g/mol. The Morgan fingerprint density at radius 1 is 1.13 bits per heavy atom. The van der Waals surface area contributed by atoms with Gasteiger partial charge in [-0.1, -0.05) is 0 Å². The summed E-state index contributed by atoms with van der Waals surface area (Å²) in [5.41, 5.74) is 0.274. The zero-order chi connectivity index (χ0) is 21.4. The van der Waals surface area contributed by atoms with Crippen LogP contribution in [0.4, 0.5) is 0 Å². The fourth-order valence-electron chi connectivity index (χ4n) is 3.84. The molecule has 0 aliphatic carbocycles. The van der Waals surface area contributed by atoms with Crippen molar-refractivity contribution in [2.24, 2.45) is 0 Å². The molecule has 2 amide bonds. The highest BCUT2D eigenvalue weighted by molar-refractivity contribution is 6.00. The van der Waals surface area contributed by atoms with E-state index < -0.39 is 17.4 Å². The molecule has 9 nitrogen and oxygen atoms in total. The molecule has 30 heavy (non-hydrogen) atoms. The van der Waals surface area contributed by atoms with Crippen LogP contribution in [0.25, 0.3) is 10.9 Å². The average Bonchev–Trinajstić information content (AvgIpc) is 3.20. The Bertz CT molecular complexity index is 1060. The maximum atomic E-state index is 13.1. The molecule has 3 heterocycles. The number of fused-ring (bicyclic) bond motifs is 2. The molecule has 0 bridgehead atoms. The van der Waals surface area contributed by atoms with E-state index in [0.29, 0.717) is 42.0 Å². The van der Waals surface area contributed by atoms with Gasteiger partial charge in [0.2, 0.25) is 18.1 Å². The normalized spacial score (nSPS) is 17.2. The van der Waals surface area contributed by atoms with Crippen molar-refractivity contribution < 1.29 is 19.1 Å². The van der Waals surface area contributed by atoms with Gasteiger partial charge in [0.15, 0.2) is 11.5 Å². The van der Waals surface area contributed by atoms with Crippen LogP contribution in [-0.2, 0) is 11.3 Å². The molecule has 1 atom stereocenters. The van der Waals surface area contributed by atoms with Crippen molar-refractivity contribution in [3.8, 4) is 11.5 Å². The number of carbonyl (C=O) groups is 2. The van der Waals surface area contributed by atoms with Crippen molar-refractivity contribution in [3.05, 3.63) is 34.1 Å². The molecule has 0 saturated carbocycles. The average molecular weight is 414 g/mol. The molecule has 2 aliphatic heterocycles. The van der Waals surface area contributed by atoms with Gasteiger partial charge in [0.1, 0.15) is 11.6 Å². The number of benzene rings is 1. The molecule has 1 aromatic carbocycles. The van der Waals surface area contributed by atoms with Gasteiger partial charge in [0.05, 0.1) is 10.9 Å². The van der Waals surface area contributed by atoms with Crippen molar-refractivity contribution >= 4 is 22.7 Å². The van der Waals surface area contributed by atoms with Crippen LogP contribution in [0.1, 0.15) is 24.2 Å². The predicted molar refractivity (Wildman–Crippen MR) is 111 cm³/mol. The molecule has 0 radical (unpaired) electrons. The van der Waals surface area contributed by atoms with Crippen LogP contribution >= 0.6 is 0 Å². The number of piperazine rings is 1. The minimum Gasteiger partial charge on any atom is -0.454 e. The lowest BCUT2D eigenvalue weighted by atomic mass is 10.1. The molecule has 0 unspecified atom stereocenters. The number of aromatic nitrogens is 1. The first-order valence-corrected chi connectivity index (χ1v) is 10.1. The third kappa shape index (κ3) is 3.60. The fraction of sp³-hybridized carbons (Fsp3) is 0.476. The quantitative estimate of drug-likeness (QED) is 0.790. The first-order chi connectivity index (χ1) is 14.4. The van der Waals surface area contributed by atoms with Crippen LogP contribution in [0.3, 0.4) is 0 Å². The summed E-state index contributed by atoms with van der Waals surface area (Å²) < 4.78 is 12.6. The van der Waals surface area contributed by atoms with E-state index in [1.807, 2.05) is 18.5 Å². The Kier molecular flexibility index (Phi) is 5.38. The summed E-state index contributed by atoms with van der Waals surface area (Å²) in [5.74, 6) is 0.360. The Labute approximate surface area is 174 Å². The van der Waals surface area contributed by atoms with E-state index in [-0.39, 0.29) is 18.3 Å².